The summed E-state index contributed by atoms with van der Waals surface area (Å²) in [4.78, 5) is 54.6. The van der Waals surface area contributed by atoms with E-state index in [1.54, 1.807) is 19.3 Å². The Morgan fingerprint density at radius 2 is 1.76 bits per heavy atom. The summed E-state index contributed by atoms with van der Waals surface area (Å²) < 4.78 is 39.2. The zero-order valence-corrected chi connectivity index (χ0v) is 36.6. The lowest BCUT2D eigenvalue weighted by atomic mass is 9.91. The van der Waals surface area contributed by atoms with Gasteiger partial charge < -0.3 is 29.7 Å². The molecule has 7 heterocycles. The number of aryl methyl sites for hydroxylation is 2. The number of ether oxygens (including phenoxy) is 1. The maximum Gasteiger partial charge on any atom is 0.301 e. The Bertz CT molecular complexity index is 2710. The number of aromatic nitrogens is 5. The highest BCUT2D eigenvalue weighted by Gasteiger charge is 2.51. The molecule has 2 aromatic carbocycles. The van der Waals surface area contributed by atoms with E-state index in [0.29, 0.717) is 65.0 Å². The van der Waals surface area contributed by atoms with Gasteiger partial charge in [-0.05, 0) is 82.1 Å². The fourth-order valence-corrected chi connectivity index (χ4v) is 10.3. The average molecular weight is 884 g/mol. The molecule has 0 bridgehead atoms. The first-order valence-corrected chi connectivity index (χ1v) is 22.3. The number of imide groups is 1. The number of alkyl halides is 2. The Balaban J connectivity index is 0.799. The van der Waals surface area contributed by atoms with Crippen LogP contribution in [0.4, 0.5) is 37.6 Å². The van der Waals surface area contributed by atoms with Crippen molar-refractivity contribution in [3.05, 3.63) is 63.7 Å². The van der Waals surface area contributed by atoms with E-state index in [2.05, 4.69) is 55.5 Å². The first-order valence-electron chi connectivity index (χ1n) is 21.9. The number of carbonyl (C=O) groups excluding carboxylic acids is 2. The highest BCUT2D eigenvalue weighted by molar-refractivity contribution is 6.33. The van der Waals surface area contributed by atoms with Gasteiger partial charge in [-0.25, -0.2) is 13.8 Å². The Labute approximate surface area is 368 Å². The van der Waals surface area contributed by atoms with Gasteiger partial charge in [0, 0.05) is 81.8 Å². The predicted molar refractivity (Wildman–Crippen MR) is 239 cm³/mol. The standard InChI is InChI=1S/C45H52ClF2N11O4/c1-44(2)23-58(33-7-5-6-28-35(54-56(4)37(28)33)29-11-13-34(60)51-41(29)61)18-19-59(44)22-25-14-16-57(17-15-25)43-49-21-31(46)40(53-43)50-27-10-12-32-30(20-27)36-38(42(62)55(32)3)63-24-45(47,48)39(52-36)26-8-9-26/h5-7,10,12,20-21,25-26,29,39,52H,8-9,11,13-19,22-24H2,1-4H3,(H,49,50,53)(H,51,60,61). The third-order valence-electron chi connectivity index (χ3n) is 13.8. The molecule has 2 unspecified atom stereocenters. The van der Waals surface area contributed by atoms with Crippen molar-refractivity contribution in [1.82, 2.24) is 34.5 Å². The van der Waals surface area contributed by atoms with E-state index in [4.69, 9.17) is 26.4 Å². The molecule has 63 heavy (non-hydrogen) atoms. The number of hydrogen-bond acceptors (Lipinski definition) is 12. The second-order valence-electron chi connectivity index (χ2n) is 18.6. The molecular formula is C45H52ClF2N11O4. The Morgan fingerprint density at radius 3 is 2.51 bits per heavy atom. The number of halogens is 3. The number of amides is 2. The van der Waals surface area contributed by atoms with Crippen LogP contribution in [0.2, 0.25) is 5.02 Å². The third-order valence-corrected chi connectivity index (χ3v) is 14.1. The lowest BCUT2D eigenvalue weighted by Gasteiger charge is -2.49. The minimum absolute atomic E-state index is 0.106. The second-order valence-corrected chi connectivity index (χ2v) is 19.0. The first-order chi connectivity index (χ1) is 30.1. The van der Waals surface area contributed by atoms with Gasteiger partial charge in [0.05, 0.1) is 46.3 Å². The highest BCUT2D eigenvalue weighted by atomic mass is 35.5. The van der Waals surface area contributed by atoms with Crippen LogP contribution in [0.1, 0.15) is 64.0 Å². The van der Waals surface area contributed by atoms with Crippen molar-refractivity contribution in [2.45, 2.75) is 75.8 Å². The minimum Gasteiger partial charge on any atom is -0.480 e. The number of para-hydroxylation sites is 1. The molecule has 1 aliphatic carbocycles. The van der Waals surface area contributed by atoms with Gasteiger partial charge in [0.15, 0.2) is 12.4 Å². The summed E-state index contributed by atoms with van der Waals surface area (Å²) in [5, 5.41) is 15.5. The second kappa shape index (κ2) is 15.6. The SMILES string of the molecule is Cn1nc(C2CCC(=O)NC2=O)c2cccc(N3CCN(CC4CCN(c5ncc(Cl)c(Nc6ccc7c(c6)c6c(c(=O)n7C)OCC(F)(F)C(C7CC7)N6)n5)CC4)C(C)(C)C3)c21. The number of nitrogens with one attached hydrogen (secondary N) is 3. The molecule has 4 aliphatic heterocycles. The molecule has 0 spiro atoms. The van der Waals surface area contributed by atoms with E-state index in [1.807, 2.05) is 36.0 Å². The molecule has 5 aromatic rings. The zero-order valence-electron chi connectivity index (χ0n) is 35.9. The summed E-state index contributed by atoms with van der Waals surface area (Å²) in [6.07, 6.45) is 5.72. The predicted octanol–water partition coefficient (Wildman–Crippen LogP) is 6.17. The number of rotatable bonds is 8. The summed E-state index contributed by atoms with van der Waals surface area (Å²) in [5.74, 6) is -2.91. The Hall–Kier alpha value is -5.55. The molecule has 4 fully saturated rings. The maximum atomic E-state index is 15.2. The van der Waals surface area contributed by atoms with Gasteiger partial charge in [-0.2, -0.15) is 10.1 Å². The minimum atomic E-state index is -3.13. The molecule has 0 radical (unpaired) electrons. The molecule has 3 saturated heterocycles. The number of hydrogen-bond donors (Lipinski definition) is 3. The molecule has 3 aromatic heterocycles. The van der Waals surface area contributed by atoms with E-state index in [9.17, 15) is 14.4 Å². The van der Waals surface area contributed by atoms with Crippen LogP contribution >= 0.6 is 11.6 Å². The lowest BCUT2D eigenvalue weighted by Crippen LogP contribution is -2.60. The largest absolute Gasteiger partial charge is 0.480 e. The highest BCUT2D eigenvalue weighted by Crippen LogP contribution is 2.46. The summed E-state index contributed by atoms with van der Waals surface area (Å²) >= 11 is 6.66. The van der Waals surface area contributed by atoms with Gasteiger partial charge in [-0.3, -0.25) is 29.3 Å². The van der Waals surface area contributed by atoms with E-state index in [0.717, 1.165) is 74.4 Å². The van der Waals surface area contributed by atoms with E-state index < -0.39 is 30.0 Å². The van der Waals surface area contributed by atoms with Crippen LogP contribution in [0, 0.1) is 11.8 Å². The first kappa shape index (κ1) is 41.5. The molecule has 5 aliphatic rings. The van der Waals surface area contributed by atoms with Crippen LogP contribution in [0.3, 0.4) is 0 Å². The smallest absolute Gasteiger partial charge is 0.301 e. The van der Waals surface area contributed by atoms with Gasteiger partial charge in [0.1, 0.15) is 5.02 Å². The Kier molecular flexibility index (Phi) is 10.3. The van der Waals surface area contributed by atoms with Crippen molar-refractivity contribution in [3.63, 3.8) is 0 Å². The quantitative estimate of drug-likeness (QED) is 0.153. The molecule has 332 valence electrons. The van der Waals surface area contributed by atoms with Crippen LogP contribution in [0.5, 0.6) is 5.75 Å². The van der Waals surface area contributed by atoms with Crippen molar-refractivity contribution in [1.29, 1.82) is 0 Å². The average Bonchev–Trinajstić information content (AvgIpc) is 4.06. The number of benzene rings is 2. The van der Waals surface area contributed by atoms with Gasteiger partial charge in [-0.15, -0.1) is 0 Å². The van der Waals surface area contributed by atoms with Gasteiger partial charge in [-0.1, -0.05) is 23.7 Å². The number of carbonyl (C=O) groups is 2. The summed E-state index contributed by atoms with van der Waals surface area (Å²) in [6.45, 7) is 8.91. The van der Waals surface area contributed by atoms with Crippen molar-refractivity contribution < 1.29 is 23.1 Å². The number of pyridine rings is 1. The zero-order chi connectivity index (χ0) is 43.9. The monoisotopic (exact) mass is 883 g/mol. The number of piperazine rings is 1. The third kappa shape index (κ3) is 7.59. The van der Waals surface area contributed by atoms with Crippen LogP contribution in [-0.2, 0) is 23.7 Å². The number of piperidine rings is 2. The van der Waals surface area contributed by atoms with Crippen molar-refractivity contribution in [2.75, 3.05) is 66.3 Å². The number of anilines is 5. The molecule has 18 heteroatoms. The Morgan fingerprint density at radius 1 is 0.968 bits per heavy atom. The van der Waals surface area contributed by atoms with Crippen molar-refractivity contribution in [2.24, 2.45) is 25.9 Å². The van der Waals surface area contributed by atoms with Crippen LogP contribution in [-0.4, -0.2) is 104 Å². The summed E-state index contributed by atoms with van der Waals surface area (Å²) in [6, 6.07) is 10.5. The van der Waals surface area contributed by atoms with E-state index in [-0.39, 0.29) is 34.7 Å². The van der Waals surface area contributed by atoms with Crippen LogP contribution in [0.15, 0.2) is 47.4 Å². The van der Waals surface area contributed by atoms with Gasteiger partial charge in [0.2, 0.25) is 23.5 Å². The van der Waals surface area contributed by atoms with E-state index >= 15 is 8.78 Å². The summed E-state index contributed by atoms with van der Waals surface area (Å²) in [5.41, 5.74) is 3.71. The molecule has 3 N–H and O–H groups in total. The fourth-order valence-electron chi connectivity index (χ4n) is 10.2. The molecule has 10 rings (SSSR count). The van der Waals surface area contributed by atoms with Crippen LogP contribution in [0.25, 0.3) is 21.8 Å². The van der Waals surface area contributed by atoms with Gasteiger partial charge in [0.25, 0.3) is 5.56 Å². The normalized spacial score (nSPS) is 23.0. The van der Waals surface area contributed by atoms with Crippen molar-refractivity contribution >= 4 is 74.0 Å². The van der Waals surface area contributed by atoms with Crippen molar-refractivity contribution in [3.8, 4) is 5.75 Å². The topological polar surface area (TPSA) is 155 Å². The maximum absolute atomic E-state index is 15.2. The molecular weight excluding hydrogens is 832 g/mol. The molecule has 2 amide bonds. The molecule has 2 atom stereocenters. The van der Waals surface area contributed by atoms with E-state index in [1.165, 1.54) is 4.57 Å². The summed E-state index contributed by atoms with van der Waals surface area (Å²) in [7, 11) is 3.53. The lowest BCUT2D eigenvalue weighted by molar-refractivity contribution is -0.134. The fraction of sp³-hybridized carbons (Fsp3) is 0.511. The molecule has 1 saturated carbocycles. The molecule has 15 nitrogen and oxygen atoms in total. The van der Waals surface area contributed by atoms with Crippen LogP contribution < -0.4 is 36.0 Å². The number of fused-ring (bicyclic) bond motifs is 4. The number of nitrogens with zero attached hydrogens (tertiary/aromatic N) is 8. The van der Waals surface area contributed by atoms with Gasteiger partial charge >= 0.3 is 5.92 Å².